The maximum atomic E-state index is 13.0. The average Bonchev–Trinajstić information content (AvgIpc) is 3.32. The van der Waals surface area contributed by atoms with Crippen LogP contribution in [0.25, 0.3) is 16.6 Å². The number of nitrogens with one attached hydrogen (secondary N) is 2. The number of ether oxygens (including phenoxy) is 1. The molecule has 0 aliphatic carbocycles. The number of fused-ring (bicyclic) bond motifs is 1. The maximum absolute atomic E-state index is 13.0. The number of rotatable bonds is 8. The zero-order valence-electron chi connectivity index (χ0n) is 20.6. The van der Waals surface area contributed by atoms with E-state index in [0.717, 1.165) is 67.1 Å². The van der Waals surface area contributed by atoms with Crippen LogP contribution in [0.1, 0.15) is 22.3 Å². The van der Waals surface area contributed by atoms with Crippen LogP contribution in [-0.2, 0) is 4.74 Å². The van der Waals surface area contributed by atoms with Crippen LogP contribution in [0, 0.1) is 6.92 Å². The first-order valence-corrected chi connectivity index (χ1v) is 13.1. The molecule has 1 aliphatic heterocycles. The smallest absolute Gasteiger partial charge is 0.251 e. The summed E-state index contributed by atoms with van der Waals surface area (Å²) in [4.78, 5) is 15.3. The number of aromatic nitrogens is 2. The van der Waals surface area contributed by atoms with Gasteiger partial charge in [0.25, 0.3) is 5.91 Å². The van der Waals surface area contributed by atoms with E-state index < -0.39 is 0 Å². The molecule has 7 nitrogen and oxygen atoms in total. The van der Waals surface area contributed by atoms with Crippen molar-refractivity contribution in [2.45, 2.75) is 13.3 Å². The second kappa shape index (κ2) is 11.5. The minimum atomic E-state index is -0.0686. The molecule has 1 saturated heterocycles. The molecule has 0 atom stereocenters. The van der Waals surface area contributed by atoms with Crippen molar-refractivity contribution in [2.75, 3.05) is 44.7 Å². The number of halogens is 2. The van der Waals surface area contributed by atoms with Crippen LogP contribution in [0.4, 0.5) is 11.4 Å². The van der Waals surface area contributed by atoms with Crippen LogP contribution >= 0.6 is 23.2 Å². The molecule has 0 unspecified atom stereocenters. The van der Waals surface area contributed by atoms with Gasteiger partial charge >= 0.3 is 0 Å². The van der Waals surface area contributed by atoms with Crippen molar-refractivity contribution >= 4 is 51.4 Å². The molecule has 0 bridgehead atoms. The number of nitrogens with zero attached hydrogens (tertiary/aromatic N) is 3. The SMILES string of the molecule is Cc1c(C(=O)NCCCN2CCOCC2)cccc1-n1ncc2cc(Nc3c(Cl)cccc3Cl)ccc21. The van der Waals surface area contributed by atoms with Crippen LogP contribution in [0.15, 0.2) is 60.8 Å². The molecule has 1 fully saturated rings. The number of anilines is 2. The molecule has 2 heterocycles. The molecule has 5 rings (SSSR count). The van der Waals surface area contributed by atoms with Gasteiger partial charge in [-0.1, -0.05) is 35.3 Å². The van der Waals surface area contributed by atoms with E-state index in [9.17, 15) is 4.79 Å². The molecule has 9 heteroatoms. The molecule has 1 amide bonds. The van der Waals surface area contributed by atoms with E-state index in [1.807, 2.05) is 60.3 Å². The Kier molecular flexibility index (Phi) is 7.96. The van der Waals surface area contributed by atoms with Crippen molar-refractivity contribution in [3.63, 3.8) is 0 Å². The van der Waals surface area contributed by atoms with Crippen LogP contribution in [0.3, 0.4) is 0 Å². The van der Waals surface area contributed by atoms with Gasteiger partial charge in [-0.3, -0.25) is 9.69 Å². The fourth-order valence-corrected chi connectivity index (χ4v) is 5.08. The minimum absolute atomic E-state index is 0.0686. The molecule has 0 saturated carbocycles. The first-order valence-electron chi connectivity index (χ1n) is 12.4. The first-order chi connectivity index (χ1) is 18.0. The van der Waals surface area contributed by atoms with E-state index in [4.69, 9.17) is 27.9 Å². The molecule has 0 radical (unpaired) electrons. The lowest BCUT2D eigenvalue weighted by atomic mass is 10.1. The molecule has 4 aromatic rings. The number of hydrogen-bond donors (Lipinski definition) is 2. The van der Waals surface area contributed by atoms with E-state index in [-0.39, 0.29) is 5.91 Å². The molecule has 1 aromatic heterocycles. The summed E-state index contributed by atoms with van der Waals surface area (Å²) in [6, 6.07) is 17.1. The zero-order chi connectivity index (χ0) is 25.8. The Bertz CT molecular complexity index is 1390. The summed E-state index contributed by atoms with van der Waals surface area (Å²) in [5, 5.41) is 13.0. The summed E-state index contributed by atoms with van der Waals surface area (Å²) >= 11 is 12.6. The van der Waals surface area contributed by atoms with E-state index >= 15 is 0 Å². The van der Waals surface area contributed by atoms with Gasteiger partial charge < -0.3 is 15.4 Å². The van der Waals surface area contributed by atoms with Gasteiger partial charge in [0.1, 0.15) is 0 Å². The lowest BCUT2D eigenvalue weighted by molar-refractivity contribution is 0.0374. The number of para-hydroxylation sites is 1. The lowest BCUT2D eigenvalue weighted by Gasteiger charge is -2.26. The molecule has 37 heavy (non-hydrogen) atoms. The van der Waals surface area contributed by atoms with E-state index in [0.29, 0.717) is 27.8 Å². The number of amides is 1. The van der Waals surface area contributed by atoms with Gasteiger partial charge in [-0.25, -0.2) is 4.68 Å². The Morgan fingerprint density at radius 3 is 2.59 bits per heavy atom. The predicted octanol–water partition coefficient (Wildman–Crippen LogP) is 5.84. The van der Waals surface area contributed by atoms with Gasteiger partial charge in [0, 0.05) is 36.3 Å². The summed E-state index contributed by atoms with van der Waals surface area (Å²) < 4.78 is 7.26. The Hall–Kier alpha value is -3.10. The summed E-state index contributed by atoms with van der Waals surface area (Å²) in [5.41, 5.74) is 4.84. The van der Waals surface area contributed by atoms with Crippen LogP contribution in [-0.4, -0.2) is 60.0 Å². The maximum Gasteiger partial charge on any atom is 0.251 e. The highest BCUT2D eigenvalue weighted by Crippen LogP contribution is 2.33. The van der Waals surface area contributed by atoms with Crippen LogP contribution in [0.2, 0.25) is 10.0 Å². The zero-order valence-corrected chi connectivity index (χ0v) is 22.1. The monoisotopic (exact) mass is 537 g/mol. The number of hydrogen-bond acceptors (Lipinski definition) is 5. The quantitative estimate of drug-likeness (QED) is 0.276. The minimum Gasteiger partial charge on any atom is -0.379 e. The lowest BCUT2D eigenvalue weighted by Crippen LogP contribution is -2.38. The number of benzene rings is 3. The Morgan fingerprint density at radius 1 is 1.05 bits per heavy atom. The molecule has 192 valence electrons. The highest BCUT2D eigenvalue weighted by Gasteiger charge is 2.16. The molecule has 1 aliphatic rings. The first kappa shape index (κ1) is 25.5. The molecule has 2 N–H and O–H groups in total. The van der Waals surface area contributed by atoms with Gasteiger partial charge in [-0.2, -0.15) is 5.10 Å². The van der Waals surface area contributed by atoms with Crippen molar-refractivity contribution in [1.82, 2.24) is 20.0 Å². The molecular formula is C28H29Cl2N5O2. The van der Waals surface area contributed by atoms with Crippen LogP contribution in [0.5, 0.6) is 0 Å². The highest BCUT2D eigenvalue weighted by molar-refractivity contribution is 6.39. The van der Waals surface area contributed by atoms with Crippen molar-refractivity contribution in [3.8, 4) is 5.69 Å². The Labute approximate surface area is 226 Å². The molecular weight excluding hydrogens is 509 g/mol. The summed E-state index contributed by atoms with van der Waals surface area (Å²) in [6.45, 7) is 7.04. The van der Waals surface area contributed by atoms with E-state index in [2.05, 4.69) is 20.6 Å². The van der Waals surface area contributed by atoms with Crippen molar-refractivity contribution in [3.05, 3.63) is 82.0 Å². The van der Waals surface area contributed by atoms with Crippen molar-refractivity contribution in [2.24, 2.45) is 0 Å². The van der Waals surface area contributed by atoms with Gasteiger partial charge in [-0.05, 0) is 67.9 Å². The van der Waals surface area contributed by atoms with Crippen molar-refractivity contribution in [1.29, 1.82) is 0 Å². The summed E-state index contributed by atoms with van der Waals surface area (Å²) in [7, 11) is 0. The highest BCUT2D eigenvalue weighted by atomic mass is 35.5. The van der Waals surface area contributed by atoms with Gasteiger partial charge in [0.2, 0.25) is 0 Å². The number of carbonyl (C=O) groups is 1. The Balaban J connectivity index is 1.30. The van der Waals surface area contributed by atoms with E-state index in [1.54, 1.807) is 12.1 Å². The van der Waals surface area contributed by atoms with Gasteiger partial charge in [-0.15, -0.1) is 0 Å². The third-order valence-electron chi connectivity index (χ3n) is 6.62. The van der Waals surface area contributed by atoms with Gasteiger partial charge in [0.15, 0.2) is 0 Å². The van der Waals surface area contributed by atoms with Crippen LogP contribution < -0.4 is 10.6 Å². The van der Waals surface area contributed by atoms with Crippen molar-refractivity contribution < 1.29 is 9.53 Å². The number of morpholine rings is 1. The van der Waals surface area contributed by atoms with E-state index in [1.165, 1.54) is 0 Å². The topological polar surface area (TPSA) is 71.4 Å². The third kappa shape index (κ3) is 5.75. The molecule has 0 spiro atoms. The normalized spacial score (nSPS) is 14.1. The number of carbonyl (C=O) groups excluding carboxylic acids is 1. The third-order valence-corrected chi connectivity index (χ3v) is 7.25. The molecule has 3 aromatic carbocycles. The average molecular weight is 538 g/mol. The summed E-state index contributed by atoms with van der Waals surface area (Å²) in [5.74, 6) is -0.0686. The Morgan fingerprint density at radius 2 is 1.81 bits per heavy atom. The fraction of sp³-hybridized carbons (Fsp3) is 0.286. The standard InChI is InChI=1S/C28H29Cl2N5O2/c1-19-22(28(36)31-11-4-12-34-13-15-37-16-14-34)5-2-8-25(19)35-26-10-9-21(17-20(26)18-32-35)33-27-23(29)6-3-7-24(27)30/h2-3,5-10,17-18,33H,4,11-16H2,1H3,(H,31,36). The largest absolute Gasteiger partial charge is 0.379 e. The second-order valence-corrected chi connectivity index (χ2v) is 9.88. The van der Waals surface area contributed by atoms with Gasteiger partial charge in [0.05, 0.1) is 46.3 Å². The second-order valence-electron chi connectivity index (χ2n) is 9.06. The predicted molar refractivity (Wildman–Crippen MR) is 150 cm³/mol. The summed E-state index contributed by atoms with van der Waals surface area (Å²) in [6.07, 6.45) is 2.72. The fourth-order valence-electron chi connectivity index (χ4n) is 4.59.